The van der Waals surface area contributed by atoms with Gasteiger partial charge in [-0.1, -0.05) is 46.5 Å². The second-order valence-corrected chi connectivity index (χ2v) is 4.32. The van der Waals surface area contributed by atoms with Crippen LogP contribution in [0.15, 0.2) is 0 Å². The molecule has 0 aromatic carbocycles. The van der Waals surface area contributed by atoms with E-state index in [4.69, 9.17) is 0 Å². The summed E-state index contributed by atoms with van der Waals surface area (Å²) in [5.74, 6) is 0.366. The summed E-state index contributed by atoms with van der Waals surface area (Å²) >= 11 is 0. The van der Waals surface area contributed by atoms with Gasteiger partial charge in [-0.2, -0.15) is 0 Å². The number of ketones is 1. The number of rotatable bonds is 7. The van der Waals surface area contributed by atoms with Crippen molar-refractivity contribution in [3.05, 3.63) is 0 Å². The molecule has 0 heterocycles. The second kappa shape index (κ2) is 6.17. The Morgan fingerprint density at radius 2 is 1.69 bits per heavy atom. The molecule has 0 bridgehead atoms. The van der Waals surface area contributed by atoms with Crippen LogP contribution in [0.4, 0.5) is 0 Å². The number of unbranched alkanes of at least 4 members (excludes halogenated alkanes) is 2. The summed E-state index contributed by atoms with van der Waals surface area (Å²) in [5.41, 5.74) is -0.0378. The molecule has 0 amide bonds. The van der Waals surface area contributed by atoms with Crippen LogP contribution in [-0.2, 0) is 4.79 Å². The van der Waals surface area contributed by atoms with Gasteiger partial charge in [-0.25, -0.2) is 0 Å². The van der Waals surface area contributed by atoms with Crippen LogP contribution in [0.3, 0.4) is 0 Å². The molecule has 0 N–H and O–H groups in total. The molecular formula is C12H24O. The van der Waals surface area contributed by atoms with Crippen molar-refractivity contribution < 1.29 is 4.79 Å². The van der Waals surface area contributed by atoms with E-state index in [0.29, 0.717) is 5.78 Å². The maximum atomic E-state index is 11.4. The number of hydrogen-bond donors (Lipinski definition) is 0. The van der Waals surface area contributed by atoms with Crippen molar-refractivity contribution in [1.82, 2.24) is 0 Å². The van der Waals surface area contributed by atoms with Crippen molar-refractivity contribution in [2.75, 3.05) is 0 Å². The van der Waals surface area contributed by atoms with Gasteiger partial charge in [0.25, 0.3) is 0 Å². The molecule has 1 unspecified atom stereocenters. The average molecular weight is 184 g/mol. The van der Waals surface area contributed by atoms with E-state index in [1.807, 2.05) is 0 Å². The number of carbonyl (C=O) groups is 1. The zero-order valence-electron chi connectivity index (χ0n) is 9.65. The molecule has 0 saturated heterocycles. The predicted molar refractivity (Wildman–Crippen MR) is 57.8 cm³/mol. The largest absolute Gasteiger partial charge is 0.299 e. The highest BCUT2D eigenvalue weighted by Gasteiger charge is 2.27. The molecule has 78 valence electrons. The fraction of sp³-hybridized carbons (Fsp3) is 0.917. The highest BCUT2D eigenvalue weighted by molar-refractivity contribution is 5.81. The molecule has 0 spiro atoms. The van der Waals surface area contributed by atoms with Gasteiger partial charge >= 0.3 is 0 Å². The van der Waals surface area contributed by atoms with Crippen molar-refractivity contribution in [1.29, 1.82) is 0 Å². The first-order valence-corrected chi connectivity index (χ1v) is 5.58. The van der Waals surface area contributed by atoms with Crippen LogP contribution in [0, 0.1) is 5.41 Å². The Balaban J connectivity index is 4.00. The maximum Gasteiger partial charge on any atom is 0.135 e. The monoisotopic (exact) mass is 184 g/mol. The summed E-state index contributed by atoms with van der Waals surface area (Å²) in [6, 6.07) is 0. The molecule has 0 saturated carbocycles. The molecule has 0 fully saturated rings. The minimum atomic E-state index is -0.0378. The maximum absolute atomic E-state index is 11.4. The first-order chi connectivity index (χ1) is 6.06. The predicted octanol–water partition coefficient (Wildman–Crippen LogP) is 3.96. The third-order valence-electron chi connectivity index (χ3n) is 2.98. The summed E-state index contributed by atoms with van der Waals surface area (Å²) in [4.78, 5) is 11.4. The Kier molecular flexibility index (Phi) is 6.02. The van der Waals surface area contributed by atoms with Gasteiger partial charge < -0.3 is 0 Å². The first-order valence-electron chi connectivity index (χ1n) is 5.58. The van der Waals surface area contributed by atoms with Gasteiger partial charge in [-0.15, -0.1) is 0 Å². The minimum Gasteiger partial charge on any atom is -0.299 e. The van der Waals surface area contributed by atoms with Crippen molar-refractivity contribution in [3.63, 3.8) is 0 Å². The topological polar surface area (TPSA) is 17.1 Å². The number of hydrogen-bond acceptors (Lipinski definition) is 1. The Morgan fingerprint density at radius 1 is 1.08 bits per heavy atom. The van der Waals surface area contributed by atoms with Gasteiger partial charge in [-0.05, 0) is 19.8 Å². The average Bonchev–Trinajstić information content (AvgIpc) is 2.05. The van der Waals surface area contributed by atoms with Crippen molar-refractivity contribution in [2.45, 2.75) is 66.2 Å². The van der Waals surface area contributed by atoms with Crippen LogP contribution in [0.2, 0.25) is 0 Å². The lowest BCUT2D eigenvalue weighted by molar-refractivity contribution is -0.126. The molecule has 0 aliphatic heterocycles. The zero-order valence-corrected chi connectivity index (χ0v) is 9.65. The van der Waals surface area contributed by atoms with Crippen LogP contribution in [0.1, 0.15) is 66.2 Å². The lowest BCUT2D eigenvalue weighted by atomic mass is 9.77. The number of Topliss-reactive ketones (excluding diaryl/α,β-unsaturated/α-hetero) is 1. The standard InChI is InChI=1S/C12H24O/c1-5-7-8-10-12(4,9-6-2)11(3)13/h5-10H2,1-4H3. The normalized spacial score (nSPS) is 15.4. The van der Waals surface area contributed by atoms with Gasteiger partial charge in [-0.3, -0.25) is 4.79 Å². The summed E-state index contributed by atoms with van der Waals surface area (Å²) in [6.07, 6.45) is 6.93. The van der Waals surface area contributed by atoms with E-state index in [1.54, 1.807) is 6.92 Å². The van der Waals surface area contributed by atoms with Crippen LogP contribution in [-0.4, -0.2) is 5.78 Å². The molecule has 0 aromatic rings. The molecular weight excluding hydrogens is 160 g/mol. The third-order valence-corrected chi connectivity index (χ3v) is 2.98. The molecule has 0 rings (SSSR count). The second-order valence-electron chi connectivity index (χ2n) is 4.32. The van der Waals surface area contributed by atoms with Gasteiger partial charge in [0.05, 0.1) is 0 Å². The molecule has 13 heavy (non-hydrogen) atoms. The molecule has 1 heteroatoms. The van der Waals surface area contributed by atoms with E-state index in [2.05, 4.69) is 20.8 Å². The molecule has 0 radical (unpaired) electrons. The Hall–Kier alpha value is -0.330. The zero-order chi connectivity index (χ0) is 10.3. The van der Waals surface area contributed by atoms with Gasteiger partial charge in [0.2, 0.25) is 0 Å². The quantitative estimate of drug-likeness (QED) is 0.547. The Labute approximate surface area is 82.9 Å². The summed E-state index contributed by atoms with van der Waals surface area (Å²) in [7, 11) is 0. The van der Waals surface area contributed by atoms with Crippen molar-refractivity contribution >= 4 is 5.78 Å². The van der Waals surface area contributed by atoms with Crippen LogP contribution in [0.25, 0.3) is 0 Å². The van der Waals surface area contributed by atoms with Gasteiger partial charge in [0.1, 0.15) is 5.78 Å². The smallest absolute Gasteiger partial charge is 0.135 e. The summed E-state index contributed by atoms with van der Waals surface area (Å²) in [6.45, 7) is 8.21. The fourth-order valence-electron chi connectivity index (χ4n) is 1.79. The van der Waals surface area contributed by atoms with Crippen LogP contribution < -0.4 is 0 Å². The lowest BCUT2D eigenvalue weighted by Crippen LogP contribution is -2.25. The van der Waals surface area contributed by atoms with Crippen molar-refractivity contribution in [2.24, 2.45) is 5.41 Å². The third kappa shape index (κ3) is 4.44. The van der Waals surface area contributed by atoms with E-state index in [0.717, 1.165) is 19.3 Å². The summed E-state index contributed by atoms with van der Waals surface area (Å²) < 4.78 is 0. The SMILES string of the molecule is CCCCCC(C)(CCC)C(C)=O. The molecule has 0 aliphatic rings. The highest BCUT2D eigenvalue weighted by Crippen LogP contribution is 2.30. The van der Waals surface area contributed by atoms with Crippen LogP contribution in [0.5, 0.6) is 0 Å². The minimum absolute atomic E-state index is 0.0378. The van der Waals surface area contributed by atoms with Gasteiger partial charge in [0.15, 0.2) is 0 Å². The Morgan fingerprint density at radius 3 is 2.08 bits per heavy atom. The van der Waals surface area contributed by atoms with Crippen molar-refractivity contribution in [3.8, 4) is 0 Å². The fourth-order valence-corrected chi connectivity index (χ4v) is 1.79. The van der Waals surface area contributed by atoms with E-state index in [-0.39, 0.29) is 5.41 Å². The van der Waals surface area contributed by atoms with E-state index in [1.165, 1.54) is 19.3 Å². The molecule has 1 nitrogen and oxygen atoms in total. The Bertz CT molecular complexity index is 151. The van der Waals surface area contributed by atoms with E-state index in [9.17, 15) is 4.79 Å². The molecule has 0 aliphatic carbocycles. The molecule has 1 atom stereocenters. The first kappa shape index (κ1) is 12.7. The van der Waals surface area contributed by atoms with E-state index < -0.39 is 0 Å². The van der Waals surface area contributed by atoms with E-state index >= 15 is 0 Å². The summed E-state index contributed by atoms with van der Waals surface area (Å²) in [5, 5.41) is 0. The van der Waals surface area contributed by atoms with Crippen LogP contribution >= 0.6 is 0 Å². The highest BCUT2D eigenvalue weighted by atomic mass is 16.1. The lowest BCUT2D eigenvalue weighted by Gasteiger charge is -2.26. The van der Waals surface area contributed by atoms with Gasteiger partial charge in [0, 0.05) is 5.41 Å². The number of carbonyl (C=O) groups excluding carboxylic acids is 1. The molecule has 0 aromatic heterocycles.